The second kappa shape index (κ2) is 6.13. The fraction of sp³-hybridized carbons (Fsp3) is 0.533. The van der Waals surface area contributed by atoms with Gasteiger partial charge in [0.05, 0.1) is 13.7 Å². The molecule has 1 heterocycles. The molecular weight excluding hydrogens is 258 g/mol. The third-order valence-corrected chi connectivity index (χ3v) is 3.32. The van der Waals surface area contributed by atoms with Crippen LogP contribution in [0.15, 0.2) is 12.1 Å². The highest BCUT2D eigenvalue weighted by Crippen LogP contribution is 2.35. The van der Waals surface area contributed by atoms with Crippen LogP contribution in [0.25, 0.3) is 0 Å². The normalized spacial score (nSPS) is 18.1. The van der Waals surface area contributed by atoms with Crippen LogP contribution < -0.4 is 15.2 Å². The van der Waals surface area contributed by atoms with Crippen molar-refractivity contribution in [2.24, 2.45) is 5.73 Å². The highest BCUT2D eigenvalue weighted by molar-refractivity contribution is 5.76. The highest BCUT2D eigenvalue weighted by atomic mass is 16.5. The second-order valence-electron chi connectivity index (χ2n) is 4.97. The van der Waals surface area contributed by atoms with Crippen LogP contribution in [0.2, 0.25) is 0 Å². The van der Waals surface area contributed by atoms with Crippen molar-refractivity contribution >= 4 is 5.97 Å². The van der Waals surface area contributed by atoms with Gasteiger partial charge in [-0.1, -0.05) is 0 Å². The first-order valence-electron chi connectivity index (χ1n) is 6.83. The summed E-state index contributed by atoms with van der Waals surface area (Å²) in [5.41, 5.74) is 7.83. The number of rotatable bonds is 5. The summed E-state index contributed by atoms with van der Waals surface area (Å²) < 4.78 is 16.0. The van der Waals surface area contributed by atoms with Gasteiger partial charge in [0.1, 0.15) is 23.6 Å². The monoisotopic (exact) mass is 279 g/mol. The third-order valence-electron chi connectivity index (χ3n) is 3.32. The number of ether oxygens (including phenoxy) is 3. The zero-order valence-electron chi connectivity index (χ0n) is 12.1. The van der Waals surface area contributed by atoms with E-state index in [9.17, 15) is 4.79 Å². The summed E-state index contributed by atoms with van der Waals surface area (Å²) in [7, 11) is 1.33. The largest absolute Gasteiger partial charge is 0.494 e. The van der Waals surface area contributed by atoms with E-state index in [0.29, 0.717) is 13.0 Å². The number of carbonyl (C=O) groups excluding carboxylic acids is 1. The Morgan fingerprint density at radius 1 is 1.55 bits per heavy atom. The molecule has 0 spiro atoms. The Hall–Kier alpha value is -1.75. The average Bonchev–Trinajstić information content (AvgIpc) is 2.77. The molecule has 1 aromatic rings. The van der Waals surface area contributed by atoms with Crippen molar-refractivity contribution < 1.29 is 19.0 Å². The Morgan fingerprint density at radius 2 is 2.30 bits per heavy atom. The molecule has 0 fully saturated rings. The zero-order chi connectivity index (χ0) is 14.7. The molecule has 0 saturated heterocycles. The molecule has 2 atom stereocenters. The summed E-state index contributed by atoms with van der Waals surface area (Å²) in [6.45, 7) is 4.52. The molecule has 2 unspecified atom stereocenters. The predicted octanol–water partition coefficient (Wildman–Crippen LogP) is 1.45. The third kappa shape index (κ3) is 3.04. The van der Waals surface area contributed by atoms with Crippen LogP contribution >= 0.6 is 0 Å². The van der Waals surface area contributed by atoms with Crippen LogP contribution in [0.5, 0.6) is 11.5 Å². The van der Waals surface area contributed by atoms with Crippen molar-refractivity contribution in [3.63, 3.8) is 0 Å². The van der Waals surface area contributed by atoms with E-state index in [-0.39, 0.29) is 6.10 Å². The van der Waals surface area contributed by atoms with Crippen molar-refractivity contribution in [1.82, 2.24) is 0 Å². The van der Waals surface area contributed by atoms with Crippen molar-refractivity contribution in [1.29, 1.82) is 0 Å². The molecule has 0 radical (unpaired) electrons. The van der Waals surface area contributed by atoms with E-state index in [1.807, 2.05) is 26.0 Å². The van der Waals surface area contributed by atoms with Gasteiger partial charge >= 0.3 is 5.97 Å². The van der Waals surface area contributed by atoms with Gasteiger partial charge in [0.15, 0.2) is 0 Å². The van der Waals surface area contributed by atoms with Crippen LogP contribution in [0.4, 0.5) is 0 Å². The van der Waals surface area contributed by atoms with E-state index in [2.05, 4.69) is 4.74 Å². The van der Waals surface area contributed by atoms with Gasteiger partial charge in [-0.25, -0.2) is 0 Å². The molecule has 0 saturated carbocycles. The van der Waals surface area contributed by atoms with Gasteiger partial charge in [0.2, 0.25) is 0 Å². The van der Waals surface area contributed by atoms with E-state index in [1.165, 1.54) is 7.11 Å². The molecular formula is C15H21NO4. The van der Waals surface area contributed by atoms with Crippen LogP contribution in [0.3, 0.4) is 0 Å². The lowest BCUT2D eigenvalue weighted by molar-refractivity contribution is -0.142. The van der Waals surface area contributed by atoms with Gasteiger partial charge in [0.25, 0.3) is 0 Å². The molecule has 2 rings (SSSR count). The van der Waals surface area contributed by atoms with Crippen molar-refractivity contribution in [3.8, 4) is 11.5 Å². The Labute approximate surface area is 119 Å². The summed E-state index contributed by atoms with van der Waals surface area (Å²) in [6.07, 6.45) is 1.41. The van der Waals surface area contributed by atoms with Gasteiger partial charge in [-0.15, -0.1) is 0 Å². The smallest absolute Gasteiger partial charge is 0.322 e. The molecule has 5 nitrogen and oxygen atoms in total. The number of benzene rings is 1. The first-order chi connectivity index (χ1) is 9.55. The van der Waals surface area contributed by atoms with E-state index in [0.717, 1.165) is 29.0 Å². The van der Waals surface area contributed by atoms with Crippen LogP contribution in [-0.2, 0) is 22.4 Å². The van der Waals surface area contributed by atoms with Crippen LogP contribution in [-0.4, -0.2) is 31.8 Å². The molecule has 2 N–H and O–H groups in total. The Bertz CT molecular complexity index is 501. The highest BCUT2D eigenvalue weighted by Gasteiger charge is 2.24. The van der Waals surface area contributed by atoms with E-state index < -0.39 is 12.0 Å². The minimum Gasteiger partial charge on any atom is -0.494 e. The number of hydrogen-bond acceptors (Lipinski definition) is 5. The van der Waals surface area contributed by atoms with Gasteiger partial charge in [-0.3, -0.25) is 4.79 Å². The number of methoxy groups -OCH3 is 1. The number of carbonyl (C=O) groups is 1. The number of hydrogen-bond donors (Lipinski definition) is 1. The number of nitrogens with two attached hydrogens (primary N) is 1. The molecule has 5 heteroatoms. The van der Waals surface area contributed by atoms with E-state index >= 15 is 0 Å². The van der Waals surface area contributed by atoms with Gasteiger partial charge in [-0.05, 0) is 31.5 Å². The second-order valence-corrected chi connectivity index (χ2v) is 4.97. The van der Waals surface area contributed by atoms with Crippen LogP contribution in [0.1, 0.15) is 25.0 Å². The maximum Gasteiger partial charge on any atom is 0.322 e. The lowest BCUT2D eigenvalue weighted by Crippen LogP contribution is -2.33. The van der Waals surface area contributed by atoms with Crippen molar-refractivity contribution in [2.75, 3.05) is 13.7 Å². The molecule has 0 aliphatic carbocycles. The Morgan fingerprint density at radius 3 is 2.95 bits per heavy atom. The average molecular weight is 279 g/mol. The maximum absolute atomic E-state index is 11.5. The van der Waals surface area contributed by atoms with E-state index in [4.69, 9.17) is 15.2 Å². The standard InChI is InChI=1S/C15H21NO4/c1-4-19-13-7-10-5-9(2)20-14(10)8-11(13)6-12(16)15(17)18-3/h7-9,12H,4-6,16H2,1-3H3. The molecule has 20 heavy (non-hydrogen) atoms. The molecule has 0 amide bonds. The molecule has 110 valence electrons. The van der Waals surface area contributed by atoms with Crippen molar-refractivity contribution in [3.05, 3.63) is 23.3 Å². The fourth-order valence-corrected chi connectivity index (χ4v) is 2.40. The summed E-state index contributed by atoms with van der Waals surface area (Å²) >= 11 is 0. The minimum absolute atomic E-state index is 0.170. The quantitative estimate of drug-likeness (QED) is 0.826. The molecule has 0 aromatic heterocycles. The Kier molecular flexibility index (Phi) is 4.49. The van der Waals surface area contributed by atoms with Crippen LogP contribution in [0, 0.1) is 0 Å². The summed E-state index contributed by atoms with van der Waals surface area (Å²) in [6, 6.07) is 3.21. The molecule has 1 aliphatic heterocycles. The van der Waals surface area contributed by atoms with Crippen molar-refractivity contribution in [2.45, 2.75) is 38.8 Å². The minimum atomic E-state index is -0.698. The summed E-state index contributed by atoms with van der Waals surface area (Å²) in [5, 5.41) is 0. The summed E-state index contributed by atoms with van der Waals surface area (Å²) in [4.78, 5) is 11.5. The molecule has 0 bridgehead atoms. The van der Waals surface area contributed by atoms with Gasteiger partial charge < -0.3 is 19.9 Å². The topological polar surface area (TPSA) is 70.8 Å². The molecule has 1 aliphatic rings. The predicted molar refractivity (Wildman–Crippen MR) is 75.1 cm³/mol. The maximum atomic E-state index is 11.5. The Balaban J connectivity index is 2.26. The summed E-state index contributed by atoms with van der Waals surface area (Å²) in [5.74, 6) is 1.19. The lowest BCUT2D eigenvalue weighted by Gasteiger charge is -2.15. The van der Waals surface area contributed by atoms with Gasteiger partial charge in [-0.2, -0.15) is 0 Å². The SMILES string of the molecule is CCOc1cc2c(cc1CC(N)C(=O)OC)OC(C)C2. The number of fused-ring (bicyclic) bond motifs is 1. The lowest BCUT2D eigenvalue weighted by atomic mass is 10.0. The fourth-order valence-electron chi connectivity index (χ4n) is 2.40. The zero-order valence-corrected chi connectivity index (χ0v) is 12.1. The first kappa shape index (κ1) is 14.7. The van der Waals surface area contributed by atoms with E-state index in [1.54, 1.807) is 0 Å². The first-order valence-corrected chi connectivity index (χ1v) is 6.83. The van der Waals surface area contributed by atoms with Gasteiger partial charge in [0, 0.05) is 18.4 Å². The number of esters is 1. The molecule has 1 aromatic carbocycles.